The Morgan fingerprint density at radius 3 is 2.24 bits per heavy atom. The minimum absolute atomic E-state index is 0.513. The fourth-order valence-electron chi connectivity index (χ4n) is 2.32. The zero-order valence-corrected chi connectivity index (χ0v) is 12.7. The second-order valence-electron chi connectivity index (χ2n) is 4.89. The van der Waals surface area contributed by atoms with Crippen LogP contribution in [0, 0.1) is 0 Å². The molecule has 2 aromatic carbocycles. The number of aliphatic hydroxyl groups excluding tert-OH is 1. The van der Waals surface area contributed by atoms with Crippen LogP contribution < -0.4 is 9.64 Å². The average Bonchev–Trinajstić information content (AvgIpc) is 2.54. The van der Waals surface area contributed by atoms with E-state index in [-0.39, 0.29) is 0 Å². The van der Waals surface area contributed by atoms with Gasteiger partial charge in [0.05, 0.1) is 12.7 Å². The molecule has 2 aromatic rings. The summed E-state index contributed by atoms with van der Waals surface area (Å²) in [6.45, 7) is 6.14. The van der Waals surface area contributed by atoms with Crippen molar-refractivity contribution in [2.45, 2.75) is 20.0 Å². The van der Waals surface area contributed by atoms with Gasteiger partial charge in [0.1, 0.15) is 5.75 Å². The van der Waals surface area contributed by atoms with Gasteiger partial charge in [-0.05, 0) is 43.7 Å². The predicted molar refractivity (Wildman–Crippen MR) is 86.9 cm³/mol. The zero-order valence-electron chi connectivity index (χ0n) is 12.7. The number of rotatable bonds is 7. The molecule has 2 rings (SSSR count). The Morgan fingerprint density at radius 2 is 1.67 bits per heavy atom. The van der Waals surface area contributed by atoms with Crippen molar-refractivity contribution in [3.05, 3.63) is 60.2 Å². The van der Waals surface area contributed by atoms with Crippen molar-refractivity contribution >= 4 is 5.69 Å². The number of nitrogens with zero attached hydrogens (tertiary/aromatic N) is 1. The zero-order chi connectivity index (χ0) is 15.1. The smallest absolute Gasteiger partial charge is 0.119 e. The second-order valence-corrected chi connectivity index (χ2v) is 4.89. The molecular weight excluding hydrogens is 262 g/mol. The van der Waals surface area contributed by atoms with Crippen molar-refractivity contribution in [3.63, 3.8) is 0 Å². The molecule has 0 saturated heterocycles. The standard InChI is InChI=1S/C18H23NO2/c1-3-19(16-8-6-5-7-9-16)14-18(20)15-10-12-17(13-11-15)21-4-2/h5-13,18,20H,3-4,14H2,1-2H3. The van der Waals surface area contributed by atoms with Gasteiger partial charge in [0.2, 0.25) is 0 Å². The molecule has 0 heterocycles. The first-order valence-corrected chi connectivity index (χ1v) is 7.45. The summed E-state index contributed by atoms with van der Waals surface area (Å²) in [5.41, 5.74) is 2.04. The fourth-order valence-corrected chi connectivity index (χ4v) is 2.32. The molecule has 0 saturated carbocycles. The lowest BCUT2D eigenvalue weighted by Crippen LogP contribution is -2.28. The number of hydrogen-bond donors (Lipinski definition) is 1. The Labute approximate surface area is 126 Å². The summed E-state index contributed by atoms with van der Waals surface area (Å²) in [5, 5.41) is 10.4. The van der Waals surface area contributed by atoms with Gasteiger partial charge in [0, 0.05) is 18.8 Å². The van der Waals surface area contributed by atoms with Crippen LogP contribution in [0.25, 0.3) is 0 Å². The van der Waals surface area contributed by atoms with Gasteiger partial charge in [-0.25, -0.2) is 0 Å². The van der Waals surface area contributed by atoms with E-state index in [0.717, 1.165) is 23.5 Å². The van der Waals surface area contributed by atoms with Gasteiger partial charge in [-0.3, -0.25) is 0 Å². The van der Waals surface area contributed by atoms with Crippen molar-refractivity contribution in [2.24, 2.45) is 0 Å². The van der Waals surface area contributed by atoms with Gasteiger partial charge in [-0.15, -0.1) is 0 Å². The first-order chi connectivity index (χ1) is 10.2. The maximum atomic E-state index is 10.4. The monoisotopic (exact) mass is 285 g/mol. The number of para-hydroxylation sites is 1. The largest absolute Gasteiger partial charge is 0.494 e. The van der Waals surface area contributed by atoms with Crippen molar-refractivity contribution in [1.82, 2.24) is 0 Å². The van der Waals surface area contributed by atoms with Crippen LogP contribution in [0.15, 0.2) is 54.6 Å². The molecule has 0 fully saturated rings. The third kappa shape index (κ3) is 4.23. The van der Waals surface area contributed by atoms with Gasteiger partial charge in [0.25, 0.3) is 0 Å². The lowest BCUT2D eigenvalue weighted by atomic mass is 10.1. The van der Waals surface area contributed by atoms with E-state index in [1.807, 2.05) is 49.4 Å². The molecule has 0 aliphatic heterocycles. The molecule has 0 aromatic heterocycles. The number of benzene rings is 2. The second kappa shape index (κ2) is 7.70. The van der Waals surface area contributed by atoms with Crippen LogP contribution in [0.1, 0.15) is 25.5 Å². The van der Waals surface area contributed by atoms with Crippen molar-refractivity contribution in [3.8, 4) is 5.75 Å². The third-order valence-electron chi connectivity index (χ3n) is 3.47. The van der Waals surface area contributed by atoms with Crippen LogP contribution in [0.3, 0.4) is 0 Å². The molecule has 3 nitrogen and oxygen atoms in total. The normalized spacial score (nSPS) is 12.0. The lowest BCUT2D eigenvalue weighted by molar-refractivity contribution is 0.183. The summed E-state index contributed by atoms with van der Waals surface area (Å²) in [4.78, 5) is 2.17. The van der Waals surface area contributed by atoms with Crippen LogP contribution >= 0.6 is 0 Å². The highest BCUT2D eigenvalue weighted by atomic mass is 16.5. The molecule has 0 bridgehead atoms. The average molecular weight is 285 g/mol. The van der Waals surface area contributed by atoms with Gasteiger partial charge in [-0.1, -0.05) is 30.3 Å². The molecule has 0 aliphatic carbocycles. The summed E-state index contributed by atoms with van der Waals surface area (Å²) in [6.07, 6.45) is -0.513. The molecule has 1 N–H and O–H groups in total. The fraction of sp³-hybridized carbons (Fsp3) is 0.333. The maximum absolute atomic E-state index is 10.4. The van der Waals surface area contributed by atoms with E-state index in [4.69, 9.17) is 4.74 Å². The van der Waals surface area contributed by atoms with Gasteiger partial charge >= 0.3 is 0 Å². The highest BCUT2D eigenvalue weighted by Crippen LogP contribution is 2.21. The van der Waals surface area contributed by atoms with E-state index in [1.165, 1.54) is 0 Å². The topological polar surface area (TPSA) is 32.7 Å². The van der Waals surface area contributed by atoms with Crippen LogP contribution in [0.4, 0.5) is 5.69 Å². The summed E-state index contributed by atoms with van der Waals surface area (Å²) >= 11 is 0. The Morgan fingerprint density at radius 1 is 1.00 bits per heavy atom. The molecule has 21 heavy (non-hydrogen) atoms. The van der Waals surface area contributed by atoms with Crippen molar-refractivity contribution < 1.29 is 9.84 Å². The lowest BCUT2D eigenvalue weighted by Gasteiger charge is -2.26. The van der Waals surface area contributed by atoms with Crippen molar-refractivity contribution in [2.75, 3.05) is 24.6 Å². The Kier molecular flexibility index (Phi) is 5.64. The van der Waals surface area contributed by atoms with E-state index in [0.29, 0.717) is 13.2 Å². The molecule has 0 spiro atoms. The predicted octanol–water partition coefficient (Wildman–Crippen LogP) is 3.65. The van der Waals surface area contributed by atoms with Gasteiger partial charge < -0.3 is 14.7 Å². The van der Waals surface area contributed by atoms with Crippen LogP contribution in [0.2, 0.25) is 0 Å². The third-order valence-corrected chi connectivity index (χ3v) is 3.47. The van der Waals surface area contributed by atoms with Gasteiger partial charge in [0.15, 0.2) is 0 Å². The van der Waals surface area contributed by atoms with E-state index < -0.39 is 6.10 Å². The van der Waals surface area contributed by atoms with E-state index in [1.54, 1.807) is 0 Å². The number of hydrogen-bond acceptors (Lipinski definition) is 3. The minimum Gasteiger partial charge on any atom is -0.494 e. The van der Waals surface area contributed by atoms with Crippen molar-refractivity contribution in [1.29, 1.82) is 0 Å². The molecular formula is C18H23NO2. The minimum atomic E-state index is -0.513. The highest BCUT2D eigenvalue weighted by molar-refractivity contribution is 5.46. The number of likely N-dealkylation sites (N-methyl/N-ethyl adjacent to an activating group) is 1. The number of ether oxygens (including phenoxy) is 1. The highest BCUT2D eigenvalue weighted by Gasteiger charge is 2.13. The quantitative estimate of drug-likeness (QED) is 0.843. The summed E-state index contributed by atoms with van der Waals surface area (Å²) in [5.74, 6) is 0.837. The molecule has 1 unspecified atom stereocenters. The maximum Gasteiger partial charge on any atom is 0.119 e. The molecule has 0 aliphatic rings. The van der Waals surface area contributed by atoms with E-state index >= 15 is 0 Å². The van der Waals surface area contributed by atoms with Gasteiger partial charge in [-0.2, -0.15) is 0 Å². The number of anilines is 1. The van der Waals surface area contributed by atoms with Crippen LogP contribution in [0.5, 0.6) is 5.75 Å². The first kappa shape index (κ1) is 15.4. The molecule has 112 valence electrons. The molecule has 0 amide bonds. The molecule has 1 atom stereocenters. The first-order valence-electron chi connectivity index (χ1n) is 7.45. The van der Waals surface area contributed by atoms with Crippen LogP contribution in [-0.2, 0) is 0 Å². The van der Waals surface area contributed by atoms with E-state index in [2.05, 4.69) is 24.0 Å². The molecule has 3 heteroatoms. The van der Waals surface area contributed by atoms with E-state index in [9.17, 15) is 5.11 Å². The summed E-state index contributed by atoms with van der Waals surface area (Å²) in [7, 11) is 0. The van der Waals surface area contributed by atoms with Crippen LogP contribution in [-0.4, -0.2) is 24.8 Å². The summed E-state index contributed by atoms with van der Waals surface area (Å²) in [6, 6.07) is 17.8. The molecule has 0 radical (unpaired) electrons. The Bertz CT molecular complexity index is 525. The summed E-state index contributed by atoms with van der Waals surface area (Å²) < 4.78 is 5.42. The Hall–Kier alpha value is -2.00. The number of aliphatic hydroxyl groups is 1. The SMILES string of the molecule is CCOc1ccc(C(O)CN(CC)c2ccccc2)cc1. The Balaban J connectivity index is 2.03.